The number of amides is 2. The van der Waals surface area contributed by atoms with Crippen LogP contribution in [0.2, 0.25) is 0 Å². The number of imidazole rings is 1. The van der Waals surface area contributed by atoms with Gasteiger partial charge in [-0.05, 0) is 18.9 Å². The van der Waals surface area contributed by atoms with Crippen LogP contribution >= 0.6 is 0 Å². The van der Waals surface area contributed by atoms with Gasteiger partial charge in [0, 0.05) is 56.4 Å². The third kappa shape index (κ3) is 3.29. The molecule has 4 rings (SSSR count). The van der Waals surface area contributed by atoms with E-state index in [1.165, 1.54) is 12.8 Å². The summed E-state index contributed by atoms with van der Waals surface area (Å²) in [6.07, 6.45) is 12.2. The molecule has 3 heterocycles. The number of rotatable bonds is 3. The summed E-state index contributed by atoms with van der Waals surface area (Å²) < 4.78 is 4.11. The molecule has 1 saturated carbocycles. The summed E-state index contributed by atoms with van der Waals surface area (Å²) in [5.74, 6) is 1.27. The van der Waals surface area contributed by atoms with Crippen LogP contribution in [0.3, 0.4) is 0 Å². The second-order valence-electron chi connectivity index (χ2n) is 6.90. The Morgan fingerprint density at radius 3 is 2.88 bits per heavy atom. The molecule has 7 heteroatoms. The van der Waals surface area contributed by atoms with E-state index in [1.54, 1.807) is 6.20 Å². The van der Waals surface area contributed by atoms with Crippen LogP contribution in [0.1, 0.15) is 31.5 Å². The van der Waals surface area contributed by atoms with E-state index in [9.17, 15) is 4.79 Å². The molecule has 2 amide bonds. The summed E-state index contributed by atoms with van der Waals surface area (Å²) in [6, 6.07) is 2.32. The monoisotopic (exact) mass is 328 g/mol. The first-order chi connectivity index (χ1) is 11.8. The number of hydrogen-bond acceptors (Lipinski definition) is 3. The largest absolute Gasteiger partial charge is 0.335 e. The van der Waals surface area contributed by atoms with Crippen LogP contribution in [0, 0.1) is 5.92 Å². The first kappa shape index (κ1) is 15.2. The minimum absolute atomic E-state index is 0.0452. The van der Waals surface area contributed by atoms with Gasteiger partial charge in [-0.3, -0.25) is 4.68 Å². The predicted octanol–water partition coefficient (Wildman–Crippen LogP) is 1.86. The molecule has 7 nitrogen and oxygen atoms in total. The third-order valence-corrected chi connectivity index (χ3v) is 5.04. The van der Waals surface area contributed by atoms with Crippen molar-refractivity contribution in [2.24, 2.45) is 5.92 Å². The highest BCUT2D eigenvalue weighted by molar-refractivity contribution is 5.74. The molecule has 0 aromatic carbocycles. The lowest BCUT2D eigenvalue weighted by Crippen LogP contribution is -2.45. The molecule has 1 fully saturated rings. The van der Waals surface area contributed by atoms with E-state index >= 15 is 0 Å². The number of hydrogen-bond donors (Lipinski definition) is 1. The molecule has 24 heavy (non-hydrogen) atoms. The molecule has 1 aliphatic carbocycles. The normalized spacial score (nSPS) is 21.5. The van der Waals surface area contributed by atoms with Gasteiger partial charge < -0.3 is 14.8 Å². The number of carbonyl (C=O) groups excluding carboxylic acids is 1. The third-order valence-electron chi connectivity index (χ3n) is 5.04. The molecule has 1 N–H and O–H groups in total. The van der Waals surface area contributed by atoms with Crippen LogP contribution in [0.25, 0.3) is 0 Å². The van der Waals surface area contributed by atoms with Gasteiger partial charge in [0.1, 0.15) is 5.82 Å². The Bertz CT molecular complexity index is 673. The van der Waals surface area contributed by atoms with Gasteiger partial charge in [-0.15, -0.1) is 0 Å². The van der Waals surface area contributed by atoms with Crippen molar-refractivity contribution >= 4 is 6.03 Å². The van der Waals surface area contributed by atoms with Gasteiger partial charge in [-0.2, -0.15) is 5.10 Å². The first-order valence-corrected chi connectivity index (χ1v) is 8.81. The Hall–Kier alpha value is -2.31. The van der Waals surface area contributed by atoms with Crippen LogP contribution < -0.4 is 5.32 Å². The number of carbonyl (C=O) groups is 1. The quantitative estimate of drug-likeness (QED) is 0.935. The van der Waals surface area contributed by atoms with Crippen molar-refractivity contribution < 1.29 is 4.79 Å². The highest BCUT2D eigenvalue weighted by atomic mass is 16.2. The summed E-state index contributed by atoms with van der Waals surface area (Å²) >= 11 is 0. The van der Waals surface area contributed by atoms with Crippen molar-refractivity contribution in [1.29, 1.82) is 0 Å². The van der Waals surface area contributed by atoms with Crippen LogP contribution in [-0.2, 0) is 19.6 Å². The molecule has 2 aliphatic rings. The average Bonchev–Trinajstić information content (AvgIpc) is 3.30. The van der Waals surface area contributed by atoms with Crippen LogP contribution in [0.5, 0.6) is 0 Å². The van der Waals surface area contributed by atoms with E-state index in [0.717, 1.165) is 38.3 Å². The van der Waals surface area contributed by atoms with Gasteiger partial charge in [-0.1, -0.05) is 12.8 Å². The maximum Gasteiger partial charge on any atom is 0.318 e. The summed E-state index contributed by atoms with van der Waals surface area (Å²) in [5, 5.41) is 7.52. The number of fused-ring (bicyclic) bond motifs is 1. The number of aromatic nitrogens is 4. The van der Waals surface area contributed by atoms with E-state index in [0.29, 0.717) is 18.5 Å². The predicted molar refractivity (Wildman–Crippen MR) is 89.1 cm³/mol. The van der Waals surface area contributed by atoms with Crippen molar-refractivity contribution in [3.05, 3.63) is 36.7 Å². The molecule has 0 spiro atoms. The second-order valence-corrected chi connectivity index (χ2v) is 6.90. The van der Waals surface area contributed by atoms with Gasteiger partial charge in [0.2, 0.25) is 0 Å². The molecule has 1 atom stereocenters. The molecule has 2 aromatic rings. The smallest absolute Gasteiger partial charge is 0.318 e. The summed E-state index contributed by atoms with van der Waals surface area (Å²) in [5.41, 5.74) is 0. The molecule has 0 radical (unpaired) electrons. The van der Waals surface area contributed by atoms with E-state index in [2.05, 4.69) is 20.0 Å². The fourth-order valence-electron chi connectivity index (χ4n) is 3.82. The van der Waals surface area contributed by atoms with Crippen molar-refractivity contribution in [3.8, 4) is 0 Å². The Kier molecular flexibility index (Phi) is 4.23. The SMILES string of the molecule is O=C(NC1CCCC1)N1Cc2nccn2C[C@H](Cn2cccn2)C1. The second kappa shape index (κ2) is 6.67. The van der Waals surface area contributed by atoms with Gasteiger partial charge in [0.25, 0.3) is 0 Å². The lowest BCUT2D eigenvalue weighted by Gasteiger charge is -2.26. The number of urea groups is 1. The molecule has 2 aromatic heterocycles. The topological polar surface area (TPSA) is 68.0 Å². The fourth-order valence-corrected chi connectivity index (χ4v) is 3.82. The average molecular weight is 328 g/mol. The Labute approximate surface area is 141 Å². The zero-order chi connectivity index (χ0) is 16.4. The van der Waals surface area contributed by atoms with Gasteiger partial charge >= 0.3 is 6.03 Å². The highest BCUT2D eigenvalue weighted by Crippen LogP contribution is 2.20. The maximum absolute atomic E-state index is 12.7. The number of nitrogens with zero attached hydrogens (tertiary/aromatic N) is 5. The van der Waals surface area contributed by atoms with Crippen molar-refractivity contribution in [3.63, 3.8) is 0 Å². The van der Waals surface area contributed by atoms with Crippen molar-refractivity contribution in [1.82, 2.24) is 29.5 Å². The van der Waals surface area contributed by atoms with Gasteiger partial charge in [0.05, 0.1) is 6.54 Å². The van der Waals surface area contributed by atoms with Gasteiger partial charge in [0.15, 0.2) is 0 Å². The lowest BCUT2D eigenvalue weighted by molar-refractivity contribution is 0.178. The maximum atomic E-state index is 12.7. The van der Waals surface area contributed by atoms with Gasteiger partial charge in [-0.25, -0.2) is 9.78 Å². The Morgan fingerprint density at radius 2 is 2.08 bits per heavy atom. The fraction of sp³-hybridized carbons (Fsp3) is 0.588. The minimum atomic E-state index is 0.0452. The van der Waals surface area contributed by atoms with E-state index in [4.69, 9.17) is 0 Å². The van der Waals surface area contributed by atoms with E-state index in [-0.39, 0.29) is 6.03 Å². The molecular weight excluding hydrogens is 304 g/mol. The van der Waals surface area contributed by atoms with Crippen molar-refractivity contribution in [2.45, 2.75) is 51.4 Å². The molecular formula is C17H24N6O. The number of nitrogens with one attached hydrogen (secondary N) is 1. The zero-order valence-electron chi connectivity index (χ0n) is 13.8. The summed E-state index contributed by atoms with van der Waals surface area (Å²) in [6.45, 7) is 2.96. The summed E-state index contributed by atoms with van der Waals surface area (Å²) in [4.78, 5) is 19.1. The van der Waals surface area contributed by atoms with Crippen LogP contribution in [0.15, 0.2) is 30.9 Å². The molecule has 0 saturated heterocycles. The van der Waals surface area contributed by atoms with Crippen LogP contribution in [0.4, 0.5) is 4.79 Å². The Balaban J connectivity index is 1.49. The first-order valence-electron chi connectivity index (χ1n) is 8.81. The molecule has 128 valence electrons. The molecule has 0 bridgehead atoms. The minimum Gasteiger partial charge on any atom is -0.335 e. The van der Waals surface area contributed by atoms with Crippen LogP contribution in [-0.4, -0.2) is 42.8 Å². The molecule has 1 aliphatic heterocycles. The lowest BCUT2D eigenvalue weighted by atomic mass is 10.1. The Morgan fingerprint density at radius 1 is 1.21 bits per heavy atom. The molecule has 0 unspecified atom stereocenters. The van der Waals surface area contributed by atoms with E-state index in [1.807, 2.05) is 34.2 Å². The van der Waals surface area contributed by atoms with E-state index < -0.39 is 0 Å². The van der Waals surface area contributed by atoms with Crippen molar-refractivity contribution in [2.75, 3.05) is 6.54 Å². The summed E-state index contributed by atoms with van der Waals surface area (Å²) in [7, 11) is 0. The highest BCUT2D eigenvalue weighted by Gasteiger charge is 2.27. The zero-order valence-corrected chi connectivity index (χ0v) is 13.8. The standard InChI is InChI=1S/C17H24N6O/c24-17(20-15-4-1-2-5-15)22-11-14(12-23-8-3-6-19-23)10-21-9-7-18-16(21)13-22/h3,6-9,14-15H,1-2,4-5,10-13H2,(H,20,24)/t14-/m0/s1.